The van der Waals surface area contributed by atoms with E-state index in [-0.39, 0.29) is 0 Å². The lowest BCUT2D eigenvalue weighted by molar-refractivity contribution is 1.65. The van der Waals surface area contributed by atoms with E-state index in [1.165, 1.54) is 126 Å². The molecule has 0 amide bonds. The third kappa shape index (κ3) is 4.59. The van der Waals surface area contributed by atoms with Crippen LogP contribution in [0.2, 0.25) is 0 Å². The molecule has 0 nitrogen and oxygen atoms in total. The molecule has 0 aliphatic rings. The van der Waals surface area contributed by atoms with Gasteiger partial charge < -0.3 is 0 Å². The minimum atomic E-state index is 1.23. The number of rotatable bonds is 3. The molecule has 13 rings (SSSR count). The molecule has 264 valence electrons. The summed E-state index contributed by atoms with van der Waals surface area (Å²) in [6, 6.07) is 68.2. The van der Waals surface area contributed by atoms with Crippen molar-refractivity contribution in [2.75, 3.05) is 0 Å². The maximum Gasteiger partial charge on any atom is 0.0448 e. The Labute approximate surface area is 340 Å². The van der Waals surface area contributed by atoms with Crippen LogP contribution in [0.25, 0.3) is 126 Å². The Balaban J connectivity index is 0.998. The molecule has 0 bridgehead atoms. The molecule has 0 unspecified atom stereocenters. The van der Waals surface area contributed by atoms with Gasteiger partial charge in [0.15, 0.2) is 0 Å². The van der Waals surface area contributed by atoms with Crippen molar-refractivity contribution in [3.05, 3.63) is 182 Å². The molecule has 0 radical (unpaired) electrons. The average Bonchev–Trinajstić information content (AvgIpc) is 3.96. The van der Waals surface area contributed by atoms with E-state index < -0.39 is 0 Å². The quantitative estimate of drug-likeness (QED) is 0.157. The fourth-order valence-electron chi connectivity index (χ4n) is 9.59. The zero-order valence-electron chi connectivity index (χ0n) is 30.5. The molecule has 3 aromatic heterocycles. The molecule has 0 spiro atoms. The van der Waals surface area contributed by atoms with E-state index in [0.29, 0.717) is 0 Å². The molecule has 0 fully saturated rings. The van der Waals surface area contributed by atoms with Crippen LogP contribution >= 0.6 is 34.0 Å². The molecular formula is C54H30S3. The molecule has 0 aliphatic heterocycles. The predicted octanol–water partition coefficient (Wildman–Crippen LogP) is 17.3. The van der Waals surface area contributed by atoms with Crippen LogP contribution in [0.4, 0.5) is 0 Å². The van der Waals surface area contributed by atoms with Crippen molar-refractivity contribution in [1.82, 2.24) is 0 Å². The van der Waals surface area contributed by atoms with Crippen molar-refractivity contribution in [2.24, 2.45) is 0 Å². The summed E-state index contributed by atoms with van der Waals surface area (Å²) < 4.78 is 8.11. The standard InChI is InChI=1S/C54H30S3/c1-2-13-36-34(11-1)43(30-49-52(36)42-26-28-48-53(54(42)57-49)41-18-8-10-20-46(41)56-48)31-21-23-32(24-22-31)50-37-14-3-5-16-39(37)51(40-17-6-4-15-38(40)50)33-25-27-47-44(29-33)35-12-7-9-19-45(35)55-47/h1-30H. The highest BCUT2D eigenvalue weighted by Crippen LogP contribution is 2.49. The van der Waals surface area contributed by atoms with E-state index in [9.17, 15) is 0 Å². The number of benzene rings is 10. The Morgan fingerprint density at radius 1 is 0.246 bits per heavy atom. The van der Waals surface area contributed by atoms with Crippen molar-refractivity contribution < 1.29 is 0 Å². The summed E-state index contributed by atoms with van der Waals surface area (Å²) in [6.45, 7) is 0. The topological polar surface area (TPSA) is 0 Å². The van der Waals surface area contributed by atoms with Crippen LogP contribution in [0.1, 0.15) is 0 Å². The largest absolute Gasteiger partial charge is 0.135 e. The fraction of sp³-hybridized carbons (Fsp3) is 0. The van der Waals surface area contributed by atoms with Gasteiger partial charge in [-0.1, -0.05) is 146 Å². The first-order chi connectivity index (χ1) is 28.3. The zero-order valence-corrected chi connectivity index (χ0v) is 33.0. The maximum absolute atomic E-state index is 2.45. The van der Waals surface area contributed by atoms with E-state index in [2.05, 4.69) is 182 Å². The molecule has 10 aromatic carbocycles. The minimum absolute atomic E-state index is 1.23. The SMILES string of the molecule is c1ccc2c(c1)sc1ccc(-c3c4ccccc4c(-c4ccc(-c5cc6sc7c(ccc8sc9ccccc9c87)c6c6ccccc56)cc4)c4ccccc34)cc12. The van der Waals surface area contributed by atoms with Crippen LogP contribution < -0.4 is 0 Å². The number of thiophene rings is 3. The Bertz CT molecular complexity index is 3740. The number of hydrogen-bond acceptors (Lipinski definition) is 3. The summed E-state index contributed by atoms with van der Waals surface area (Å²) in [5.74, 6) is 0. The second kappa shape index (κ2) is 12.1. The van der Waals surface area contributed by atoms with Crippen molar-refractivity contribution in [2.45, 2.75) is 0 Å². The molecule has 0 aliphatic carbocycles. The van der Waals surface area contributed by atoms with Gasteiger partial charge in [-0.05, 0) is 102 Å². The molecule has 3 heteroatoms. The average molecular weight is 775 g/mol. The summed E-state index contributed by atoms with van der Waals surface area (Å²) in [6.07, 6.45) is 0. The monoisotopic (exact) mass is 774 g/mol. The summed E-state index contributed by atoms with van der Waals surface area (Å²) in [7, 11) is 0. The van der Waals surface area contributed by atoms with Crippen LogP contribution in [0, 0.1) is 0 Å². The van der Waals surface area contributed by atoms with E-state index in [1.807, 2.05) is 34.0 Å². The van der Waals surface area contributed by atoms with E-state index >= 15 is 0 Å². The van der Waals surface area contributed by atoms with Crippen LogP contribution in [-0.4, -0.2) is 0 Å². The maximum atomic E-state index is 2.45. The van der Waals surface area contributed by atoms with Gasteiger partial charge in [-0.2, -0.15) is 0 Å². The first-order valence-corrected chi connectivity index (χ1v) is 21.9. The third-order valence-corrected chi connectivity index (χ3v) is 15.5. The Morgan fingerprint density at radius 2 is 0.737 bits per heavy atom. The number of hydrogen-bond donors (Lipinski definition) is 0. The van der Waals surface area contributed by atoms with Crippen molar-refractivity contribution >= 4 is 127 Å². The van der Waals surface area contributed by atoms with Gasteiger partial charge in [-0.25, -0.2) is 0 Å². The Morgan fingerprint density at radius 3 is 1.44 bits per heavy atom. The van der Waals surface area contributed by atoms with Crippen molar-refractivity contribution in [3.8, 4) is 33.4 Å². The lowest BCUT2D eigenvalue weighted by atomic mass is 9.85. The second-order valence-corrected chi connectivity index (χ2v) is 18.3. The summed E-state index contributed by atoms with van der Waals surface area (Å²) in [5.41, 5.74) is 7.60. The summed E-state index contributed by atoms with van der Waals surface area (Å²) in [5, 5.41) is 15.9. The third-order valence-electron chi connectivity index (χ3n) is 12.1. The molecule has 0 saturated carbocycles. The predicted molar refractivity (Wildman–Crippen MR) is 254 cm³/mol. The van der Waals surface area contributed by atoms with E-state index in [1.54, 1.807) is 0 Å². The molecule has 0 saturated heterocycles. The molecule has 3 heterocycles. The Kier molecular flexibility index (Phi) is 6.73. The van der Waals surface area contributed by atoms with Crippen molar-refractivity contribution in [1.29, 1.82) is 0 Å². The lowest BCUT2D eigenvalue weighted by Crippen LogP contribution is -1.91. The summed E-state index contributed by atoms with van der Waals surface area (Å²) >= 11 is 5.72. The number of fused-ring (bicyclic) bond motifs is 14. The van der Waals surface area contributed by atoms with Crippen LogP contribution in [0.5, 0.6) is 0 Å². The first-order valence-electron chi connectivity index (χ1n) is 19.4. The highest BCUT2D eigenvalue weighted by molar-refractivity contribution is 7.30. The van der Waals surface area contributed by atoms with Gasteiger partial charge in [-0.15, -0.1) is 34.0 Å². The van der Waals surface area contributed by atoms with E-state index in [0.717, 1.165) is 0 Å². The van der Waals surface area contributed by atoms with Gasteiger partial charge >= 0.3 is 0 Å². The van der Waals surface area contributed by atoms with Crippen LogP contribution in [0.15, 0.2) is 182 Å². The van der Waals surface area contributed by atoms with Crippen LogP contribution in [-0.2, 0) is 0 Å². The smallest absolute Gasteiger partial charge is 0.0448 e. The van der Waals surface area contributed by atoms with Gasteiger partial charge in [0.25, 0.3) is 0 Å². The molecule has 57 heavy (non-hydrogen) atoms. The van der Waals surface area contributed by atoms with Gasteiger partial charge in [0.2, 0.25) is 0 Å². The molecule has 0 atom stereocenters. The van der Waals surface area contributed by atoms with E-state index in [4.69, 9.17) is 0 Å². The second-order valence-electron chi connectivity index (χ2n) is 15.1. The fourth-order valence-corrected chi connectivity index (χ4v) is 13.2. The summed E-state index contributed by atoms with van der Waals surface area (Å²) in [4.78, 5) is 0. The minimum Gasteiger partial charge on any atom is -0.135 e. The normalized spacial score (nSPS) is 12.2. The molecule has 13 aromatic rings. The first kappa shape index (κ1) is 31.8. The van der Waals surface area contributed by atoms with Gasteiger partial charge in [-0.3, -0.25) is 0 Å². The van der Waals surface area contributed by atoms with Gasteiger partial charge in [0.05, 0.1) is 0 Å². The zero-order chi connectivity index (χ0) is 37.2. The Hall–Kier alpha value is -6.36. The lowest BCUT2D eigenvalue weighted by Gasteiger charge is -2.18. The van der Waals surface area contributed by atoms with Crippen molar-refractivity contribution in [3.63, 3.8) is 0 Å². The molecular weight excluding hydrogens is 745 g/mol. The van der Waals surface area contributed by atoms with Crippen LogP contribution in [0.3, 0.4) is 0 Å². The highest BCUT2D eigenvalue weighted by atomic mass is 32.1. The van der Waals surface area contributed by atoms with Gasteiger partial charge in [0, 0.05) is 60.5 Å². The highest BCUT2D eigenvalue weighted by Gasteiger charge is 2.20. The van der Waals surface area contributed by atoms with Gasteiger partial charge in [0.1, 0.15) is 0 Å². The molecule has 0 N–H and O–H groups in total.